The molecule has 2 aliphatic rings. The fourth-order valence-electron chi connectivity index (χ4n) is 4.09. The topological polar surface area (TPSA) is 75.4 Å². The number of hydrogen-bond donors (Lipinski definition) is 2. The molecule has 0 bridgehead atoms. The maximum atomic E-state index is 12.5. The SMILES string of the molecule is CN1CCC(=C2c3ccccc3CCc3sc(C(=O)NCC(N)=O)cc32)CC1. The summed E-state index contributed by atoms with van der Waals surface area (Å²) in [6.07, 6.45) is 4.01. The number of amides is 2. The lowest BCUT2D eigenvalue weighted by atomic mass is 9.87. The molecule has 1 saturated heterocycles. The van der Waals surface area contributed by atoms with Gasteiger partial charge >= 0.3 is 0 Å². The summed E-state index contributed by atoms with van der Waals surface area (Å²) in [6, 6.07) is 10.7. The van der Waals surface area contributed by atoms with Crippen LogP contribution < -0.4 is 11.1 Å². The monoisotopic (exact) mass is 395 g/mol. The number of aryl methyl sites for hydroxylation is 2. The van der Waals surface area contributed by atoms with Crippen molar-refractivity contribution in [1.82, 2.24) is 10.2 Å². The minimum absolute atomic E-state index is 0.134. The molecule has 1 aromatic heterocycles. The van der Waals surface area contributed by atoms with Gasteiger partial charge in [0.05, 0.1) is 11.4 Å². The predicted molar refractivity (Wildman–Crippen MR) is 112 cm³/mol. The minimum atomic E-state index is -0.533. The Balaban J connectivity index is 1.78. The van der Waals surface area contributed by atoms with Gasteiger partial charge < -0.3 is 16.0 Å². The van der Waals surface area contributed by atoms with E-state index < -0.39 is 5.91 Å². The van der Waals surface area contributed by atoms with Crippen LogP contribution in [0.5, 0.6) is 0 Å². The number of nitrogens with two attached hydrogens (primary N) is 1. The zero-order chi connectivity index (χ0) is 19.7. The van der Waals surface area contributed by atoms with Crippen LogP contribution in [0.15, 0.2) is 35.9 Å². The van der Waals surface area contributed by atoms with E-state index >= 15 is 0 Å². The van der Waals surface area contributed by atoms with Gasteiger partial charge in [0.2, 0.25) is 5.91 Å². The maximum Gasteiger partial charge on any atom is 0.261 e. The standard InChI is InChI=1S/C22H25N3O2S/c1-25-10-8-15(9-11-25)21-16-5-3-2-4-14(16)6-7-18-17(21)12-19(28-18)22(27)24-13-20(23)26/h2-5,12H,6-11,13H2,1H3,(H2,23,26)(H,24,27). The number of likely N-dealkylation sites (tertiary alicyclic amines) is 1. The van der Waals surface area contributed by atoms with Crippen molar-refractivity contribution in [2.24, 2.45) is 5.73 Å². The third-order valence-corrected chi connectivity index (χ3v) is 6.77. The van der Waals surface area contributed by atoms with E-state index in [0.29, 0.717) is 4.88 Å². The Labute approximate surface area is 169 Å². The lowest BCUT2D eigenvalue weighted by Gasteiger charge is -2.27. The van der Waals surface area contributed by atoms with Crippen molar-refractivity contribution in [2.45, 2.75) is 25.7 Å². The number of carbonyl (C=O) groups is 2. The summed E-state index contributed by atoms with van der Waals surface area (Å²) in [7, 11) is 2.17. The van der Waals surface area contributed by atoms with Crippen molar-refractivity contribution in [2.75, 3.05) is 26.7 Å². The van der Waals surface area contributed by atoms with Crippen LogP contribution in [-0.2, 0) is 17.6 Å². The summed E-state index contributed by atoms with van der Waals surface area (Å²) >= 11 is 1.54. The van der Waals surface area contributed by atoms with Gasteiger partial charge in [0.1, 0.15) is 0 Å². The number of primary amides is 1. The predicted octanol–water partition coefficient (Wildman–Crippen LogP) is 2.59. The van der Waals surface area contributed by atoms with Gasteiger partial charge in [-0.15, -0.1) is 11.3 Å². The molecule has 5 nitrogen and oxygen atoms in total. The van der Waals surface area contributed by atoms with E-state index in [1.807, 2.05) is 6.07 Å². The van der Waals surface area contributed by atoms with E-state index in [1.54, 1.807) is 0 Å². The van der Waals surface area contributed by atoms with Crippen molar-refractivity contribution in [3.63, 3.8) is 0 Å². The number of nitrogens with one attached hydrogen (secondary N) is 1. The highest BCUT2D eigenvalue weighted by atomic mass is 32.1. The second-order valence-corrected chi connectivity index (χ2v) is 8.67. The highest BCUT2D eigenvalue weighted by Crippen LogP contribution is 2.41. The van der Waals surface area contributed by atoms with Crippen LogP contribution in [0.1, 0.15) is 44.1 Å². The molecule has 2 heterocycles. The molecule has 1 aliphatic carbocycles. The van der Waals surface area contributed by atoms with Crippen molar-refractivity contribution >= 4 is 28.7 Å². The summed E-state index contributed by atoms with van der Waals surface area (Å²) in [5.74, 6) is -0.757. The lowest BCUT2D eigenvalue weighted by molar-refractivity contribution is -0.117. The summed E-state index contributed by atoms with van der Waals surface area (Å²) in [5.41, 5.74) is 11.8. The molecule has 1 fully saturated rings. The Morgan fingerprint density at radius 3 is 2.61 bits per heavy atom. The molecular weight excluding hydrogens is 370 g/mol. The highest BCUT2D eigenvalue weighted by Gasteiger charge is 2.26. The molecule has 2 aromatic rings. The van der Waals surface area contributed by atoms with Crippen molar-refractivity contribution in [3.8, 4) is 0 Å². The van der Waals surface area contributed by atoms with E-state index in [-0.39, 0.29) is 12.5 Å². The van der Waals surface area contributed by atoms with Gasteiger partial charge in [0.15, 0.2) is 0 Å². The van der Waals surface area contributed by atoms with Crippen LogP contribution in [0.3, 0.4) is 0 Å². The van der Waals surface area contributed by atoms with E-state index in [9.17, 15) is 9.59 Å². The Hall–Kier alpha value is -2.44. The molecule has 0 atom stereocenters. The largest absolute Gasteiger partial charge is 0.368 e. The first-order chi connectivity index (χ1) is 13.5. The molecule has 4 rings (SSSR count). The molecule has 28 heavy (non-hydrogen) atoms. The smallest absolute Gasteiger partial charge is 0.261 e. The minimum Gasteiger partial charge on any atom is -0.368 e. The maximum absolute atomic E-state index is 12.5. The van der Waals surface area contributed by atoms with Crippen molar-refractivity contribution in [1.29, 1.82) is 0 Å². The summed E-state index contributed by atoms with van der Waals surface area (Å²) in [5, 5.41) is 2.62. The highest BCUT2D eigenvalue weighted by molar-refractivity contribution is 7.14. The van der Waals surface area contributed by atoms with Crippen molar-refractivity contribution in [3.05, 3.63) is 62.3 Å². The zero-order valence-corrected chi connectivity index (χ0v) is 16.9. The number of fused-ring (bicyclic) bond motifs is 2. The van der Waals surface area contributed by atoms with E-state index in [2.05, 4.69) is 41.5 Å². The fraction of sp³-hybridized carbons (Fsp3) is 0.364. The van der Waals surface area contributed by atoms with Gasteiger partial charge in [-0.05, 0) is 61.1 Å². The molecule has 3 N–H and O–H groups in total. The Morgan fingerprint density at radius 2 is 1.86 bits per heavy atom. The molecular formula is C22H25N3O2S. The Morgan fingerprint density at radius 1 is 1.11 bits per heavy atom. The van der Waals surface area contributed by atoms with Gasteiger partial charge in [0.25, 0.3) is 5.91 Å². The lowest BCUT2D eigenvalue weighted by Crippen LogP contribution is -2.32. The molecule has 146 valence electrons. The Bertz CT molecular complexity index is 950. The number of nitrogens with zero attached hydrogens (tertiary/aromatic N) is 1. The molecule has 6 heteroatoms. The fourth-order valence-corrected chi connectivity index (χ4v) is 5.17. The molecule has 2 amide bonds. The number of rotatable bonds is 3. The van der Waals surface area contributed by atoms with Crippen LogP contribution in [0.25, 0.3) is 5.57 Å². The van der Waals surface area contributed by atoms with Crippen LogP contribution in [0, 0.1) is 0 Å². The van der Waals surface area contributed by atoms with Gasteiger partial charge in [-0.3, -0.25) is 9.59 Å². The molecule has 0 saturated carbocycles. The summed E-state index contributed by atoms with van der Waals surface area (Å²) in [4.78, 5) is 27.8. The first-order valence-electron chi connectivity index (χ1n) is 9.71. The van der Waals surface area contributed by atoms with Gasteiger partial charge in [-0.25, -0.2) is 0 Å². The normalized spacial score (nSPS) is 16.9. The van der Waals surface area contributed by atoms with E-state index in [0.717, 1.165) is 38.8 Å². The first-order valence-corrected chi connectivity index (χ1v) is 10.5. The quantitative estimate of drug-likeness (QED) is 0.839. The first kappa shape index (κ1) is 18.9. The van der Waals surface area contributed by atoms with E-state index in [4.69, 9.17) is 5.73 Å². The van der Waals surface area contributed by atoms with Gasteiger partial charge in [-0.1, -0.05) is 29.8 Å². The number of hydrogen-bond acceptors (Lipinski definition) is 4. The van der Waals surface area contributed by atoms with Crippen LogP contribution in [-0.4, -0.2) is 43.4 Å². The Kier molecular flexibility index (Phi) is 5.33. The zero-order valence-electron chi connectivity index (χ0n) is 16.1. The van der Waals surface area contributed by atoms with Crippen LogP contribution >= 0.6 is 11.3 Å². The summed E-state index contributed by atoms with van der Waals surface area (Å²) < 4.78 is 0. The van der Waals surface area contributed by atoms with E-state index in [1.165, 1.54) is 44.1 Å². The molecule has 0 unspecified atom stereocenters. The van der Waals surface area contributed by atoms with Crippen molar-refractivity contribution < 1.29 is 9.59 Å². The number of piperidine rings is 1. The number of carbonyl (C=O) groups excluding carboxylic acids is 2. The number of benzene rings is 1. The third-order valence-electron chi connectivity index (χ3n) is 5.58. The van der Waals surface area contributed by atoms with Crippen LogP contribution in [0.4, 0.5) is 0 Å². The summed E-state index contributed by atoms with van der Waals surface area (Å²) in [6.45, 7) is 1.99. The van der Waals surface area contributed by atoms with Gasteiger partial charge in [-0.2, -0.15) is 0 Å². The molecule has 1 aromatic carbocycles. The average molecular weight is 396 g/mol. The number of thiophene rings is 1. The van der Waals surface area contributed by atoms with Crippen LogP contribution in [0.2, 0.25) is 0 Å². The third kappa shape index (κ3) is 3.75. The second kappa shape index (κ2) is 7.89. The average Bonchev–Trinajstić information content (AvgIpc) is 3.04. The second-order valence-electron chi connectivity index (χ2n) is 7.54. The van der Waals surface area contributed by atoms with Gasteiger partial charge in [0, 0.05) is 18.0 Å². The molecule has 0 radical (unpaired) electrons. The molecule has 0 spiro atoms. The molecule has 1 aliphatic heterocycles.